The van der Waals surface area contributed by atoms with Crippen LogP contribution in [0.1, 0.15) is 48.9 Å². The van der Waals surface area contributed by atoms with Crippen molar-refractivity contribution in [3.05, 3.63) is 58.9 Å². The van der Waals surface area contributed by atoms with Crippen LogP contribution >= 0.6 is 11.8 Å². The number of nitrogens with zero attached hydrogens (tertiary/aromatic N) is 2. The van der Waals surface area contributed by atoms with Crippen LogP contribution in [0.4, 0.5) is 4.39 Å². The molecule has 0 aromatic heterocycles. The number of piperazine rings is 1. The molecule has 3 aliphatic rings. The second-order valence-electron chi connectivity index (χ2n) is 9.36. The summed E-state index contributed by atoms with van der Waals surface area (Å²) in [7, 11) is 0. The van der Waals surface area contributed by atoms with Gasteiger partial charge in [0.15, 0.2) is 6.29 Å². The summed E-state index contributed by atoms with van der Waals surface area (Å²) in [5.74, 6) is 0.338. The van der Waals surface area contributed by atoms with Gasteiger partial charge in [-0.1, -0.05) is 43.8 Å². The van der Waals surface area contributed by atoms with Gasteiger partial charge in [-0.25, -0.2) is 4.39 Å². The van der Waals surface area contributed by atoms with E-state index >= 15 is 0 Å². The Morgan fingerprint density at radius 2 is 1.78 bits per heavy atom. The Morgan fingerprint density at radius 3 is 2.53 bits per heavy atom. The molecular weight excluding hydrogens is 423 g/mol. The summed E-state index contributed by atoms with van der Waals surface area (Å²) >= 11 is 1.72. The van der Waals surface area contributed by atoms with E-state index in [0.29, 0.717) is 12.0 Å². The molecule has 2 saturated heterocycles. The van der Waals surface area contributed by atoms with Crippen LogP contribution in [-0.4, -0.2) is 62.0 Å². The minimum Gasteiger partial charge on any atom is -0.350 e. The molecule has 0 unspecified atom stereocenters. The van der Waals surface area contributed by atoms with Crippen molar-refractivity contribution in [1.82, 2.24) is 9.80 Å². The molecule has 3 heterocycles. The van der Waals surface area contributed by atoms with Crippen LogP contribution in [0.3, 0.4) is 0 Å². The SMILES string of the molecule is CC(C)c1ccc2c(c1)[C@@H](N1CCN(CCC3OCCO3)CC1)Cc1ccc(F)cc1S2. The van der Waals surface area contributed by atoms with Gasteiger partial charge in [0.2, 0.25) is 0 Å². The first-order valence-corrected chi connectivity index (χ1v) is 12.7. The fourth-order valence-corrected chi connectivity index (χ4v) is 6.13. The monoisotopic (exact) mass is 456 g/mol. The van der Waals surface area contributed by atoms with Gasteiger partial charge in [-0.3, -0.25) is 4.90 Å². The van der Waals surface area contributed by atoms with Crippen molar-refractivity contribution in [2.24, 2.45) is 0 Å². The maximum absolute atomic E-state index is 14.0. The number of rotatable bonds is 5. The third-order valence-electron chi connectivity index (χ3n) is 6.94. The molecule has 2 fully saturated rings. The van der Waals surface area contributed by atoms with Crippen LogP contribution in [0, 0.1) is 5.82 Å². The molecule has 2 aromatic carbocycles. The van der Waals surface area contributed by atoms with Crippen molar-refractivity contribution in [1.29, 1.82) is 0 Å². The third kappa shape index (κ3) is 4.90. The highest BCUT2D eigenvalue weighted by Crippen LogP contribution is 2.44. The van der Waals surface area contributed by atoms with E-state index in [1.165, 1.54) is 21.6 Å². The van der Waals surface area contributed by atoms with Crippen molar-refractivity contribution < 1.29 is 13.9 Å². The fourth-order valence-electron chi connectivity index (χ4n) is 4.99. The molecule has 0 spiro atoms. The van der Waals surface area contributed by atoms with Crippen LogP contribution in [0.25, 0.3) is 0 Å². The predicted molar refractivity (Wildman–Crippen MR) is 126 cm³/mol. The third-order valence-corrected chi connectivity index (χ3v) is 8.13. The van der Waals surface area contributed by atoms with E-state index in [9.17, 15) is 4.39 Å². The highest BCUT2D eigenvalue weighted by atomic mass is 32.2. The summed E-state index contributed by atoms with van der Waals surface area (Å²) in [5.41, 5.74) is 4.03. The standard InChI is InChI=1S/C26H33FN2O2S/c1-18(2)19-4-6-24-22(15-19)23(16-20-3-5-21(27)17-25(20)32-24)29-11-9-28(10-12-29)8-7-26-30-13-14-31-26/h3-6,15,17-18,23,26H,7-14,16H2,1-2H3/t23-/m0/s1. The van der Waals surface area contributed by atoms with E-state index < -0.39 is 0 Å². The second-order valence-corrected chi connectivity index (χ2v) is 10.4. The zero-order chi connectivity index (χ0) is 22.1. The molecular formula is C26H33FN2O2S. The van der Waals surface area contributed by atoms with Crippen LogP contribution < -0.4 is 0 Å². The van der Waals surface area contributed by atoms with Crippen LogP contribution in [0.2, 0.25) is 0 Å². The Balaban J connectivity index is 1.35. The molecule has 5 rings (SSSR count). The van der Waals surface area contributed by atoms with E-state index in [1.54, 1.807) is 23.9 Å². The van der Waals surface area contributed by atoms with Crippen molar-refractivity contribution in [2.75, 3.05) is 45.9 Å². The number of hydrogen-bond acceptors (Lipinski definition) is 5. The fraction of sp³-hybridized carbons (Fsp3) is 0.538. The minimum atomic E-state index is -0.154. The predicted octanol–water partition coefficient (Wildman–Crippen LogP) is 5.08. The number of hydrogen-bond donors (Lipinski definition) is 0. The van der Waals surface area contributed by atoms with Crippen molar-refractivity contribution >= 4 is 11.8 Å². The summed E-state index contributed by atoms with van der Waals surface area (Å²) in [4.78, 5) is 7.49. The van der Waals surface area contributed by atoms with Gasteiger partial charge >= 0.3 is 0 Å². The first kappa shape index (κ1) is 22.4. The number of benzene rings is 2. The number of fused-ring (bicyclic) bond motifs is 2. The zero-order valence-corrected chi connectivity index (χ0v) is 19.9. The highest BCUT2D eigenvalue weighted by Gasteiger charge is 2.31. The largest absolute Gasteiger partial charge is 0.350 e. The molecule has 32 heavy (non-hydrogen) atoms. The topological polar surface area (TPSA) is 24.9 Å². The van der Waals surface area contributed by atoms with Crippen LogP contribution in [-0.2, 0) is 15.9 Å². The summed E-state index contributed by atoms with van der Waals surface area (Å²) in [6.07, 6.45) is 1.85. The summed E-state index contributed by atoms with van der Waals surface area (Å²) < 4.78 is 25.2. The Kier molecular flexibility index (Phi) is 6.86. The molecule has 6 heteroatoms. The van der Waals surface area contributed by atoms with Gasteiger partial charge in [-0.15, -0.1) is 0 Å². The van der Waals surface area contributed by atoms with Crippen molar-refractivity contribution in [3.63, 3.8) is 0 Å². The molecule has 0 saturated carbocycles. The van der Waals surface area contributed by atoms with E-state index in [4.69, 9.17) is 9.47 Å². The van der Waals surface area contributed by atoms with Gasteiger partial charge in [0, 0.05) is 55.0 Å². The van der Waals surface area contributed by atoms with Gasteiger partial charge in [-0.05, 0) is 47.2 Å². The Morgan fingerprint density at radius 1 is 1.00 bits per heavy atom. The van der Waals surface area contributed by atoms with E-state index in [2.05, 4.69) is 41.8 Å². The summed E-state index contributed by atoms with van der Waals surface area (Å²) in [6, 6.07) is 12.5. The van der Waals surface area contributed by atoms with Gasteiger partial charge in [0.05, 0.1) is 13.2 Å². The molecule has 0 aliphatic carbocycles. The quantitative estimate of drug-likeness (QED) is 0.625. The first-order chi connectivity index (χ1) is 15.6. The summed E-state index contributed by atoms with van der Waals surface area (Å²) in [6.45, 7) is 11.2. The van der Waals surface area contributed by atoms with Crippen molar-refractivity contribution in [2.45, 2.75) is 54.7 Å². The maximum atomic E-state index is 14.0. The van der Waals surface area contributed by atoms with E-state index in [-0.39, 0.29) is 12.1 Å². The maximum Gasteiger partial charge on any atom is 0.159 e. The van der Waals surface area contributed by atoms with Gasteiger partial charge in [0.25, 0.3) is 0 Å². The van der Waals surface area contributed by atoms with E-state index in [1.807, 2.05) is 6.07 Å². The average Bonchev–Trinajstić information content (AvgIpc) is 3.26. The molecule has 172 valence electrons. The van der Waals surface area contributed by atoms with E-state index in [0.717, 1.165) is 63.7 Å². The lowest BCUT2D eigenvalue weighted by molar-refractivity contribution is -0.0538. The smallest absolute Gasteiger partial charge is 0.159 e. The minimum absolute atomic E-state index is 0.0230. The molecule has 0 bridgehead atoms. The lowest BCUT2D eigenvalue weighted by Crippen LogP contribution is -2.48. The van der Waals surface area contributed by atoms with Gasteiger partial charge in [-0.2, -0.15) is 0 Å². The molecule has 0 amide bonds. The molecule has 4 nitrogen and oxygen atoms in total. The number of halogens is 1. The number of ether oxygens (including phenoxy) is 2. The lowest BCUT2D eigenvalue weighted by atomic mass is 9.93. The van der Waals surface area contributed by atoms with Crippen LogP contribution in [0.15, 0.2) is 46.2 Å². The molecule has 0 N–H and O–H groups in total. The Hall–Kier alpha value is -1.44. The molecule has 1 atom stereocenters. The van der Waals surface area contributed by atoms with Crippen molar-refractivity contribution in [3.8, 4) is 0 Å². The first-order valence-electron chi connectivity index (χ1n) is 11.9. The van der Waals surface area contributed by atoms with Gasteiger partial charge < -0.3 is 14.4 Å². The molecule has 3 aliphatic heterocycles. The average molecular weight is 457 g/mol. The lowest BCUT2D eigenvalue weighted by Gasteiger charge is -2.40. The van der Waals surface area contributed by atoms with Gasteiger partial charge in [0.1, 0.15) is 5.82 Å². The Labute approximate surface area is 195 Å². The highest BCUT2D eigenvalue weighted by molar-refractivity contribution is 7.99. The second kappa shape index (κ2) is 9.82. The zero-order valence-electron chi connectivity index (χ0n) is 19.1. The molecule has 0 radical (unpaired) electrons. The van der Waals surface area contributed by atoms with Crippen LogP contribution in [0.5, 0.6) is 0 Å². The molecule has 2 aromatic rings. The Bertz CT molecular complexity index is 939. The summed E-state index contributed by atoms with van der Waals surface area (Å²) in [5, 5.41) is 0. The normalized spacial score (nSPS) is 22.7.